The topological polar surface area (TPSA) is 21.5 Å². The molecule has 0 unspecified atom stereocenters. The average Bonchev–Trinajstić information content (AvgIpc) is 2.63. The Morgan fingerprint density at radius 2 is 1.31 bits per heavy atom. The molecule has 0 amide bonds. The number of halogens is 3. The maximum atomic E-state index is 12.7. The predicted octanol–water partition coefficient (Wildman–Crippen LogP) is 6.59. The molecule has 2 nitrogen and oxygen atoms in total. The fourth-order valence-corrected chi connectivity index (χ4v) is 3.93. The average molecular weight is 401 g/mol. The Bertz CT molecular complexity index is 1180. The molecule has 0 fully saturated rings. The van der Waals surface area contributed by atoms with Gasteiger partial charge in [-0.1, -0.05) is 65.1 Å². The highest BCUT2D eigenvalue weighted by Gasteiger charge is 2.16. The zero-order chi connectivity index (χ0) is 18.3. The minimum Gasteiger partial charge on any atom is -0.316 e. The van der Waals surface area contributed by atoms with E-state index in [9.17, 15) is 4.79 Å². The zero-order valence-electron chi connectivity index (χ0n) is 13.4. The van der Waals surface area contributed by atoms with Crippen molar-refractivity contribution in [2.24, 2.45) is 0 Å². The first-order valence-electron chi connectivity index (χ1n) is 7.91. The van der Waals surface area contributed by atoms with Gasteiger partial charge in [0, 0.05) is 28.4 Å². The summed E-state index contributed by atoms with van der Waals surface area (Å²) in [6, 6.07) is 20.0. The molecule has 0 saturated carbocycles. The van der Waals surface area contributed by atoms with Crippen LogP contribution in [0.15, 0.2) is 77.7 Å². The summed E-state index contributed by atoms with van der Waals surface area (Å²) in [6.45, 7) is 0. The van der Waals surface area contributed by atoms with Crippen LogP contribution in [0.25, 0.3) is 27.9 Å². The highest BCUT2D eigenvalue weighted by atomic mass is 35.5. The monoisotopic (exact) mass is 399 g/mol. The Labute approximate surface area is 165 Å². The molecule has 26 heavy (non-hydrogen) atoms. The highest BCUT2D eigenvalue weighted by molar-refractivity contribution is 6.39. The molecule has 0 saturated heterocycles. The summed E-state index contributed by atoms with van der Waals surface area (Å²) < 4.78 is 1.93. The van der Waals surface area contributed by atoms with Crippen LogP contribution in [-0.2, 0) is 0 Å². The number of hydrogen-bond acceptors (Lipinski definition) is 1. The second-order valence-electron chi connectivity index (χ2n) is 5.80. The van der Waals surface area contributed by atoms with Crippen LogP contribution in [0.2, 0.25) is 15.1 Å². The molecule has 0 aliphatic carbocycles. The molecule has 2 aromatic heterocycles. The molecule has 0 aliphatic rings. The first-order chi connectivity index (χ1) is 12.6. The Morgan fingerprint density at radius 1 is 0.654 bits per heavy atom. The molecule has 0 spiro atoms. The minimum absolute atomic E-state index is 0.142. The Balaban J connectivity index is 2.12. The minimum atomic E-state index is -0.142. The van der Waals surface area contributed by atoms with Crippen molar-refractivity contribution in [1.82, 2.24) is 4.40 Å². The third kappa shape index (κ3) is 2.80. The van der Waals surface area contributed by atoms with Gasteiger partial charge in [0.05, 0.1) is 26.8 Å². The van der Waals surface area contributed by atoms with Gasteiger partial charge in [-0.25, -0.2) is 0 Å². The van der Waals surface area contributed by atoms with E-state index in [-0.39, 0.29) is 5.43 Å². The van der Waals surface area contributed by atoms with Gasteiger partial charge in [-0.3, -0.25) is 4.79 Å². The lowest BCUT2D eigenvalue weighted by atomic mass is 10.0. The van der Waals surface area contributed by atoms with Gasteiger partial charge in [0.1, 0.15) is 0 Å². The molecule has 0 aliphatic heterocycles. The summed E-state index contributed by atoms with van der Waals surface area (Å²) in [6.07, 6.45) is 1.74. The largest absolute Gasteiger partial charge is 0.316 e. The van der Waals surface area contributed by atoms with Gasteiger partial charge in [-0.05, 0) is 30.3 Å². The summed E-state index contributed by atoms with van der Waals surface area (Å²) in [7, 11) is 0. The third-order valence-electron chi connectivity index (χ3n) is 4.27. The molecule has 2 aromatic carbocycles. The standard InChI is InChI=1S/C21H12Cl3NO/c22-14-6-2-1-5-13(14)17-9-4-10-18-21(19(26)11-12-25(17)18)20-15(23)7-3-8-16(20)24/h1-12H. The molecule has 0 N–H and O–H groups in total. The molecule has 0 atom stereocenters. The van der Waals surface area contributed by atoms with Crippen molar-refractivity contribution in [2.75, 3.05) is 0 Å². The Morgan fingerprint density at radius 3 is 2.04 bits per heavy atom. The van der Waals surface area contributed by atoms with E-state index < -0.39 is 0 Å². The predicted molar refractivity (Wildman–Crippen MR) is 110 cm³/mol. The van der Waals surface area contributed by atoms with Crippen molar-refractivity contribution in [2.45, 2.75) is 0 Å². The van der Waals surface area contributed by atoms with E-state index in [1.165, 1.54) is 6.07 Å². The molecular formula is C21H12Cl3NO. The van der Waals surface area contributed by atoms with E-state index in [0.29, 0.717) is 31.7 Å². The van der Waals surface area contributed by atoms with Crippen molar-refractivity contribution in [3.05, 3.63) is 98.2 Å². The summed E-state index contributed by atoms with van der Waals surface area (Å²) in [5, 5.41) is 1.51. The van der Waals surface area contributed by atoms with E-state index in [1.54, 1.807) is 24.4 Å². The molecule has 5 heteroatoms. The van der Waals surface area contributed by atoms with E-state index in [4.69, 9.17) is 34.8 Å². The highest BCUT2D eigenvalue weighted by Crippen LogP contribution is 2.36. The number of pyridine rings is 2. The maximum Gasteiger partial charge on any atom is 0.190 e. The summed E-state index contributed by atoms with van der Waals surface area (Å²) in [5.74, 6) is 0. The Kier molecular flexibility index (Phi) is 4.49. The third-order valence-corrected chi connectivity index (χ3v) is 5.23. The van der Waals surface area contributed by atoms with Crippen molar-refractivity contribution in [1.29, 1.82) is 0 Å². The molecule has 0 bridgehead atoms. The number of fused-ring (bicyclic) bond motifs is 1. The molecule has 4 aromatic rings. The van der Waals surface area contributed by atoms with Crippen LogP contribution in [-0.4, -0.2) is 4.40 Å². The van der Waals surface area contributed by atoms with Gasteiger partial charge in [-0.15, -0.1) is 0 Å². The molecule has 128 valence electrons. The van der Waals surface area contributed by atoms with E-state index >= 15 is 0 Å². The van der Waals surface area contributed by atoms with Gasteiger partial charge in [0.2, 0.25) is 0 Å². The van der Waals surface area contributed by atoms with Crippen molar-refractivity contribution in [3.8, 4) is 22.4 Å². The molecule has 4 rings (SSSR count). The van der Waals surface area contributed by atoms with Crippen LogP contribution in [0.4, 0.5) is 0 Å². The molecule has 2 heterocycles. The number of hydrogen-bond donors (Lipinski definition) is 0. The lowest BCUT2D eigenvalue weighted by molar-refractivity contribution is 1.16. The number of aromatic nitrogens is 1. The smallest absolute Gasteiger partial charge is 0.190 e. The molecular weight excluding hydrogens is 389 g/mol. The van der Waals surface area contributed by atoms with Crippen molar-refractivity contribution < 1.29 is 0 Å². The lowest BCUT2D eigenvalue weighted by Crippen LogP contribution is -2.09. The van der Waals surface area contributed by atoms with Gasteiger partial charge in [0.25, 0.3) is 0 Å². The lowest BCUT2D eigenvalue weighted by Gasteiger charge is -2.15. The van der Waals surface area contributed by atoms with Gasteiger partial charge >= 0.3 is 0 Å². The maximum absolute atomic E-state index is 12.7. The van der Waals surface area contributed by atoms with Crippen LogP contribution < -0.4 is 5.43 Å². The summed E-state index contributed by atoms with van der Waals surface area (Å²) >= 11 is 19.1. The number of rotatable bonds is 2. The van der Waals surface area contributed by atoms with Crippen LogP contribution >= 0.6 is 34.8 Å². The summed E-state index contributed by atoms with van der Waals surface area (Å²) in [5.41, 5.74) is 3.32. The second kappa shape index (κ2) is 6.81. The first kappa shape index (κ1) is 17.2. The van der Waals surface area contributed by atoms with Gasteiger partial charge < -0.3 is 4.40 Å². The fourth-order valence-electron chi connectivity index (χ4n) is 3.11. The van der Waals surface area contributed by atoms with Crippen LogP contribution in [0.1, 0.15) is 0 Å². The molecule has 0 radical (unpaired) electrons. The van der Waals surface area contributed by atoms with E-state index in [2.05, 4.69) is 0 Å². The number of benzene rings is 2. The zero-order valence-corrected chi connectivity index (χ0v) is 15.7. The second-order valence-corrected chi connectivity index (χ2v) is 7.02. The van der Waals surface area contributed by atoms with Crippen molar-refractivity contribution >= 4 is 40.3 Å². The van der Waals surface area contributed by atoms with Crippen LogP contribution in [0.5, 0.6) is 0 Å². The normalized spacial score (nSPS) is 11.0. The van der Waals surface area contributed by atoms with Crippen LogP contribution in [0.3, 0.4) is 0 Å². The Hall–Kier alpha value is -2.26. The fraction of sp³-hybridized carbons (Fsp3) is 0. The quantitative estimate of drug-likeness (QED) is 0.372. The van der Waals surface area contributed by atoms with Crippen molar-refractivity contribution in [3.63, 3.8) is 0 Å². The van der Waals surface area contributed by atoms with Gasteiger partial charge in [0.15, 0.2) is 5.43 Å². The van der Waals surface area contributed by atoms with E-state index in [1.807, 2.05) is 46.9 Å². The number of nitrogens with zero attached hydrogens (tertiary/aromatic N) is 1. The van der Waals surface area contributed by atoms with Gasteiger partial charge in [-0.2, -0.15) is 0 Å². The van der Waals surface area contributed by atoms with E-state index in [0.717, 1.165) is 11.3 Å². The summed E-state index contributed by atoms with van der Waals surface area (Å²) in [4.78, 5) is 12.7. The first-order valence-corrected chi connectivity index (χ1v) is 9.05. The SMILES string of the molecule is O=c1ccn2c(-c3ccccc3Cl)cccc2c1-c1c(Cl)cccc1Cl. The van der Waals surface area contributed by atoms with Crippen LogP contribution in [0, 0.1) is 0 Å².